The van der Waals surface area contributed by atoms with E-state index in [1.807, 2.05) is 19.1 Å². The Labute approximate surface area is 211 Å². The first kappa shape index (κ1) is 28.1. The van der Waals surface area contributed by atoms with Crippen LogP contribution in [0.15, 0.2) is 36.4 Å². The zero-order valence-corrected chi connectivity index (χ0v) is 21.1. The molecule has 0 aliphatic heterocycles. The van der Waals surface area contributed by atoms with Crippen LogP contribution in [0.5, 0.6) is 11.5 Å². The summed E-state index contributed by atoms with van der Waals surface area (Å²) in [6, 6.07) is 10.4. The van der Waals surface area contributed by atoms with Gasteiger partial charge < -0.3 is 30.7 Å². The van der Waals surface area contributed by atoms with Gasteiger partial charge in [0.2, 0.25) is 0 Å². The predicted octanol–water partition coefficient (Wildman–Crippen LogP) is 5.33. The molecule has 0 fully saturated rings. The van der Waals surface area contributed by atoms with Crippen molar-refractivity contribution in [1.29, 1.82) is 0 Å². The number of rotatable bonds is 15. The number of nitrogens with two attached hydrogens (primary N) is 1. The summed E-state index contributed by atoms with van der Waals surface area (Å²) in [5.74, 6) is -0.130. The van der Waals surface area contributed by atoms with Crippen molar-refractivity contribution in [2.45, 2.75) is 51.7 Å². The summed E-state index contributed by atoms with van der Waals surface area (Å²) in [7, 11) is 0. The Hall–Kier alpha value is -2.19. The predicted molar refractivity (Wildman–Crippen MR) is 136 cm³/mol. The summed E-state index contributed by atoms with van der Waals surface area (Å²) in [6.07, 6.45) is 1.62. The van der Waals surface area contributed by atoms with E-state index in [4.69, 9.17) is 38.4 Å². The van der Waals surface area contributed by atoms with Gasteiger partial charge in [-0.1, -0.05) is 36.5 Å². The Kier molecular flexibility index (Phi) is 11.8. The van der Waals surface area contributed by atoms with Crippen molar-refractivity contribution in [3.8, 4) is 11.5 Å². The Balaban J connectivity index is 1.73. The van der Waals surface area contributed by atoms with Crippen LogP contribution in [0.2, 0.25) is 10.0 Å². The second-order valence-electron chi connectivity index (χ2n) is 8.20. The maximum atomic E-state index is 11.8. The number of nitrogens with one attached hydrogen (secondary N) is 1. The molecule has 3 unspecified atom stereocenters. The topological polar surface area (TPSA) is 114 Å². The number of aliphatic hydroxyl groups is 1. The van der Waals surface area contributed by atoms with E-state index < -0.39 is 24.1 Å². The van der Waals surface area contributed by atoms with Gasteiger partial charge >= 0.3 is 5.97 Å². The molecule has 0 saturated carbocycles. The molecule has 0 bridgehead atoms. The number of carbonyl (C=O) groups is 1. The van der Waals surface area contributed by atoms with Crippen molar-refractivity contribution in [2.75, 3.05) is 25.4 Å². The number of carboxylic acids is 1. The minimum absolute atomic E-state index is 0.288. The van der Waals surface area contributed by atoms with Crippen LogP contribution in [0.3, 0.4) is 0 Å². The van der Waals surface area contributed by atoms with E-state index in [2.05, 4.69) is 5.32 Å². The number of unbranched alkanes of at least 4 members (excludes halogenated alkanes) is 1. The monoisotopic (exact) mass is 512 g/mol. The van der Waals surface area contributed by atoms with Crippen LogP contribution in [0.25, 0.3) is 0 Å². The Morgan fingerprint density at radius 3 is 2.32 bits per heavy atom. The molecule has 188 valence electrons. The molecule has 2 rings (SSSR count). The third kappa shape index (κ3) is 8.87. The van der Waals surface area contributed by atoms with Gasteiger partial charge in [-0.15, -0.1) is 0 Å². The van der Waals surface area contributed by atoms with Gasteiger partial charge in [-0.2, -0.15) is 0 Å². The van der Waals surface area contributed by atoms with Crippen LogP contribution >= 0.6 is 23.2 Å². The number of ether oxygens (including phenoxy) is 2. The smallest absolute Gasteiger partial charge is 0.310 e. The molecule has 0 spiro atoms. The number of nitrogen functional groups attached to an aromatic ring is 1. The van der Waals surface area contributed by atoms with Crippen LogP contribution in [0.1, 0.15) is 51.2 Å². The molecule has 2 aromatic carbocycles. The zero-order chi connectivity index (χ0) is 25.1. The van der Waals surface area contributed by atoms with E-state index in [9.17, 15) is 15.0 Å². The molecule has 5 N–H and O–H groups in total. The summed E-state index contributed by atoms with van der Waals surface area (Å²) in [5.41, 5.74) is 6.59. The van der Waals surface area contributed by atoms with Crippen LogP contribution < -0.4 is 20.5 Å². The van der Waals surface area contributed by atoms with Crippen LogP contribution in [-0.2, 0) is 4.79 Å². The van der Waals surface area contributed by atoms with Gasteiger partial charge in [0.05, 0.1) is 34.4 Å². The third-order valence-electron chi connectivity index (χ3n) is 5.44. The highest BCUT2D eigenvalue weighted by atomic mass is 35.5. The van der Waals surface area contributed by atoms with Crippen molar-refractivity contribution in [3.05, 3.63) is 52.0 Å². The number of anilines is 1. The summed E-state index contributed by atoms with van der Waals surface area (Å²) in [4.78, 5) is 11.8. The molecule has 9 heteroatoms. The largest absolute Gasteiger partial charge is 0.494 e. The number of aliphatic hydroxyl groups excluding tert-OH is 1. The molecule has 7 nitrogen and oxygen atoms in total. The molecule has 0 aromatic heterocycles. The maximum absolute atomic E-state index is 11.8. The van der Waals surface area contributed by atoms with Crippen molar-refractivity contribution in [1.82, 2.24) is 5.32 Å². The van der Waals surface area contributed by atoms with Gasteiger partial charge in [0, 0.05) is 6.54 Å². The Morgan fingerprint density at radius 1 is 1.12 bits per heavy atom. The minimum atomic E-state index is -0.879. The average Bonchev–Trinajstić information content (AvgIpc) is 2.80. The number of halogens is 2. The Bertz CT molecular complexity index is 888. The summed E-state index contributed by atoms with van der Waals surface area (Å²) >= 11 is 12.0. The second-order valence-corrected chi connectivity index (χ2v) is 9.02. The first-order valence-electron chi connectivity index (χ1n) is 11.5. The second kappa shape index (κ2) is 14.3. The van der Waals surface area contributed by atoms with Crippen molar-refractivity contribution in [3.63, 3.8) is 0 Å². The van der Waals surface area contributed by atoms with Gasteiger partial charge in [-0.25, -0.2) is 0 Å². The first-order valence-corrected chi connectivity index (χ1v) is 12.2. The van der Waals surface area contributed by atoms with Gasteiger partial charge in [0.1, 0.15) is 17.6 Å². The molecule has 0 aliphatic rings. The quantitative estimate of drug-likeness (QED) is 0.188. The van der Waals surface area contributed by atoms with Crippen LogP contribution in [-0.4, -0.2) is 42.0 Å². The lowest BCUT2D eigenvalue weighted by atomic mass is 9.96. The Morgan fingerprint density at radius 2 is 1.74 bits per heavy atom. The first-order chi connectivity index (χ1) is 16.2. The summed E-state index contributed by atoms with van der Waals surface area (Å²) < 4.78 is 11.4. The normalized spacial score (nSPS) is 13.8. The van der Waals surface area contributed by atoms with E-state index in [1.165, 1.54) is 0 Å². The highest BCUT2D eigenvalue weighted by Crippen LogP contribution is 2.31. The minimum Gasteiger partial charge on any atom is -0.494 e. The summed E-state index contributed by atoms with van der Waals surface area (Å²) in [6.45, 7) is 5.41. The highest BCUT2D eigenvalue weighted by Gasteiger charge is 2.26. The van der Waals surface area contributed by atoms with Crippen LogP contribution in [0, 0.1) is 5.92 Å². The third-order valence-corrected chi connectivity index (χ3v) is 6.07. The fraction of sp³-hybridized carbons (Fsp3) is 0.480. The molecule has 34 heavy (non-hydrogen) atoms. The van der Waals surface area contributed by atoms with Gasteiger partial charge in [-0.05, 0) is 74.7 Å². The SMILES string of the molecule is CCCOc1ccc(OC(C)C(CCCCNCC(O)c2cc(Cl)c(N)c(Cl)c2)C(=O)O)cc1. The molecule has 0 heterocycles. The van der Waals surface area contributed by atoms with E-state index in [1.54, 1.807) is 31.2 Å². The summed E-state index contributed by atoms with van der Waals surface area (Å²) in [5, 5.41) is 23.8. The van der Waals surface area contributed by atoms with E-state index in [0.717, 1.165) is 18.6 Å². The van der Waals surface area contributed by atoms with E-state index in [-0.39, 0.29) is 5.69 Å². The number of hydrogen-bond donors (Lipinski definition) is 4. The zero-order valence-electron chi connectivity index (χ0n) is 19.6. The lowest BCUT2D eigenvalue weighted by Crippen LogP contribution is -2.31. The molecule has 0 saturated heterocycles. The fourth-order valence-corrected chi connectivity index (χ4v) is 3.96. The lowest BCUT2D eigenvalue weighted by molar-refractivity contribution is -0.145. The van der Waals surface area contributed by atoms with Crippen molar-refractivity contribution >= 4 is 34.9 Å². The van der Waals surface area contributed by atoms with E-state index in [0.29, 0.717) is 53.9 Å². The molecular weight excluding hydrogens is 479 g/mol. The highest BCUT2D eigenvalue weighted by molar-refractivity contribution is 6.38. The van der Waals surface area contributed by atoms with Crippen molar-refractivity contribution < 1.29 is 24.5 Å². The van der Waals surface area contributed by atoms with Crippen molar-refractivity contribution in [2.24, 2.45) is 5.92 Å². The number of benzene rings is 2. The molecule has 0 radical (unpaired) electrons. The molecule has 3 atom stereocenters. The van der Waals surface area contributed by atoms with Gasteiger partial charge in [0.25, 0.3) is 0 Å². The molecular formula is C25H34Cl2N2O5. The lowest BCUT2D eigenvalue weighted by Gasteiger charge is -2.22. The molecule has 0 amide bonds. The maximum Gasteiger partial charge on any atom is 0.310 e. The molecule has 2 aromatic rings. The standard InChI is InChI=1S/C25H34Cl2N2O5/c1-3-12-33-18-7-9-19(10-8-18)34-16(2)20(25(31)32)6-4-5-11-29-15-23(30)17-13-21(26)24(28)22(27)14-17/h7-10,13-14,16,20,23,29-30H,3-6,11-12,15,28H2,1-2H3,(H,31,32). The van der Waals surface area contributed by atoms with Gasteiger partial charge in [-0.3, -0.25) is 4.79 Å². The number of carboxylic acid groups (broad SMARTS) is 1. The number of aliphatic carboxylic acids is 1. The fourth-order valence-electron chi connectivity index (χ4n) is 3.46. The van der Waals surface area contributed by atoms with E-state index >= 15 is 0 Å². The van der Waals surface area contributed by atoms with Crippen LogP contribution in [0.4, 0.5) is 5.69 Å². The number of hydrogen-bond acceptors (Lipinski definition) is 6. The van der Waals surface area contributed by atoms with Gasteiger partial charge in [0.15, 0.2) is 0 Å². The average molecular weight is 513 g/mol. The molecule has 0 aliphatic carbocycles.